The summed E-state index contributed by atoms with van der Waals surface area (Å²) in [5.41, 5.74) is 12.6. The molecule has 0 N–H and O–H groups in total. The Labute approximate surface area is 276 Å². The van der Waals surface area contributed by atoms with Crippen LogP contribution in [0.25, 0.3) is 56.0 Å². The predicted octanol–water partition coefficient (Wildman–Crippen LogP) is 11.1. The maximum absolute atomic E-state index is 6.47. The first-order valence-electron chi connectivity index (χ1n) is 15.8. The van der Waals surface area contributed by atoms with Crippen molar-refractivity contribution in [2.75, 3.05) is 0 Å². The average Bonchev–Trinajstić information content (AvgIpc) is 3.74. The van der Waals surface area contributed by atoms with E-state index in [0.29, 0.717) is 5.82 Å². The quantitative estimate of drug-likeness (QED) is 0.197. The van der Waals surface area contributed by atoms with Gasteiger partial charge in [-0.1, -0.05) is 133 Å². The van der Waals surface area contributed by atoms with Crippen molar-refractivity contribution < 1.29 is 4.42 Å². The second-order valence-electron chi connectivity index (χ2n) is 12.1. The Balaban J connectivity index is 1.33. The standard InChI is InChI=1S/C43H26N2OS/c1-3-13-27(14-4-1)36-26-37(45-42(44-36)28-15-5-2-6-16-28)31-25-35-40(41-29(31)23-24-46-41)30-17-7-8-18-32(30)43(35)33-19-9-11-21-38(33)47-39-22-12-10-20-34(39)43/h1-26H. The molecular weight excluding hydrogens is 593 g/mol. The molecule has 4 heteroatoms. The fourth-order valence-corrected chi connectivity index (χ4v) is 8.91. The largest absolute Gasteiger partial charge is 0.464 e. The summed E-state index contributed by atoms with van der Waals surface area (Å²) in [6.07, 6.45) is 1.82. The molecule has 220 valence electrons. The summed E-state index contributed by atoms with van der Waals surface area (Å²) in [4.78, 5) is 12.9. The summed E-state index contributed by atoms with van der Waals surface area (Å²) in [5.74, 6) is 0.696. The fraction of sp³-hybridized carbons (Fsp3) is 0.0233. The molecule has 0 saturated heterocycles. The van der Waals surface area contributed by atoms with E-state index in [2.05, 4.69) is 127 Å². The second-order valence-corrected chi connectivity index (χ2v) is 13.2. The molecule has 8 aromatic rings. The lowest BCUT2D eigenvalue weighted by atomic mass is 9.67. The highest BCUT2D eigenvalue weighted by molar-refractivity contribution is 7.99. The maximum atomic E-state index is 6.47. The van der Waals surface area contributed by atoms with Crippen LogP contribution in [-0.2, 0) is 5.41 Å². The molecule has 0 radical (unpaired) electrons. The summed E-state index contributed by atoms with van der Waals surface area (Å²) in [7, 11) is 0. The van der Waals surface area contributed by atoms with E-state index in [4.69, 9.17) is 14.4 Å². The smallest absolute Gasteiger partial charge is 0.160 e. The number of hydrogen-bond donors (Lipinski definition) is 0. The zero-order valence-corrected chi connectivity index (χ0v) is 26.0. The summed E-state index contributed by atoms with van der Waals surface area (Å²) < 4.78 is 6.47. The molecule has 10 rings (SSSR count). The van der Waals surface area contributed by atoms with Crippen LogP contribution < -0.4 is 0 Å². The van der Waals surface area contributed by atoms with Crippen LogP contribution in [0.5, 0.6) is 0 Å². The third-order valence-corrected chi connectivity index (χ3v) is 10.8. The van der Waals surface area contributed by atoms with Crippen molar-refractivity contribution >= 4 is 22.7 Å². The van der Waals surface area contributed by atoms with Crippen LogP contribution in [0.3, 0.4) is 0 Å². The maximum Gasteiger partial charge on any atom is 0.160 e. The second kappa shape index (κ2) is 10.1. The normalized spacial score (nSPS) is 13.6. The third-order valence-electron chi connectivity index (χ3n) is 9.65. The number of hydrogen-bond acceptors (Lipinski definition) is 4. The van der Waals surface area contributed by atoms with E-state index in [0.717, 1.165) is 44.6 Å². The van der Waals surface area contributed by atoms with Crippen LogP contribution in [0.4, 0.5) is 0 Å². The van der Waals surface area contributed by atoms with Gasteiger partial charge in [0.25, 0.3) is 0 Å². The zero-order valence-electron chi connectivity index (χ0n) is 25.2. The first-order chi connectivity index (χ1) is 23.3. The molecule has 1 aliphatic heterocycles. The van der Waals surface area contributed by atoms with Gasteiger partial charge in [-0.05, 0) is 58.1 Å². The van der Waals surface area contributed by atoms with Gasteiger partial charge in [0.1, 0.15) is 5.58 Å². The number of benzene rings is 6. The predicted molar refractivity (Wildman–Crippen MR) is 190 cm³/mol. The number of nitrogens with zero attached hydrogens (tertiary/aromatic N) is 2. The molecule has 0 atom stereocenters. The molecule has 3 heterocycles. The molecule has 0 bridgehead atoms. The fourth-order valence-electron chi connectivity index (χ4n) is 7.71. The Hall–Kier alpha value is -5.71. The van der Waals surface area contributed by atoms with E-state index in [1.807, 2.05) is 42.3 Å². The van der Waals surface area contributed by atoms with Crippen molar-refractivity contribution in [3.63, 3.8) is 0 Å². The zero-order chi connectivity index (χ0) is 31.0. The lowest BCUT2D eigenvalue weighted by Crippen LogP contribution is -2.32. The Bertz CT molecular complexity index is 2400. The minimum atomic E-state index is -0.516. The van der Waals surface area contributed by atoms with Crippen molar-refractivity contribution in [3.05, 3.63) is 180 Å². The van der Waals surface area contributed by atoms with Crippen molar-refractivity contribution in [2.45, 2.75) is 15.2 Å². The van der Waals surface area contributed by atoms with Crippen molar-refractivity contribution in [2.24, 2.45) is 0 Å². The molecule has 0 saturated carbocycles. The van der Waals surface area contributed by atoms with Crippen molar-refractivity contribution in [3.8, 4) is 45.0 Å². The number of fused-ring (bicyclic) bond motifs is 11. The molecule has 0 fully saturated rings. The van der Waals surface area contributed by atoms with Gasteiger partial charge in [0.2, 0.25) is 0 Å². The Morgan fingerprint density at radius 2 is 1.09 bits per heavy atom. The van der Waals surface area contributed by atoms with Gasteiger partial charge in [0.05, 0.1) is 23.1 Å². The van der Waals surface area contributed by atoms with Crippen molar-refractivity contribution in [1.82, 2.24) is 9.97 Å². The minimum absolute atomic E-state index is 0.516. The van der Waals surface area contributed by atoms with Crippen LogP contribution in [0.15, 0.2) is 172 Å². The average molecular weight is 619 g/mol. The van der Waals surface area contributed by atoms with Crippen LogP contribution in [-0.4, -0.2) is 9.97 Å². The highest BCUT2D eigenvalue weighted by atomic mass is 32.2. The summed E-state index contributed by atoms with van der Waals surface area (Å²) >= 11 is 1.85. The van der Waals surface area contributed by atoms with Gasteiger partial charge < -0.3 is 4.42 Å². The molecule has 47 heavy (non-hydrogen) atoms. The molecule has 0 unspecified atom stereocenters. The van der Waals surface area contributed by atoms with Gasteiger partial charge in [0, 0.05) is 37.4 Å². The van der Waals surface area contributed by atoms with Crippen LogP contribution in [0.2, 0.25) is 0 Å². The Morgan fingerprint density at radius 1 is 0.489 bits per heavy atom. The van der Waals surface area contributed by atoms with Crippen LogP contribution in [0, 0.1) is 0 Å². The monoisotopic (exact) mass is 618 g/mol. The first kappa shape index (κ1) is 26.5. The van der Waals surface area contributed by atoms with Crippen LogP contribution >= 0.6 is 11.8 Å². The molecular formula is C43H26N2OS. The van der Waals surface area contributed by atoms with Gasteiger partial charge in [-0.2, -0.15) is 0 Å². The Kier molecular flexibility index (Phi) is 5.72. The lowest BCUT2D eigenvalue weighted by molar-refractivity contribution is 0.616. The molecule has 6 aromatic carbocycles. The van der Waals surface area contributed by atoms with E-state index in [-0.39, 0.29) is 0 Å². The molecule has 2 aliphatic rings. The van der Waals surface area contributed by atoms with Gasteiger partial charge in [-0.3, -0.25) is 0 Å². The number of rotatable bonds is 3. The summed E-state index contributed by atoms with van der Waals surface area (Å²) in [5, 5.41) is 1.04. The first-order valence-corrected chi connectivity index (χ1v) is 16.6. The SMILES string of the molecule is c1ccc(-c2cc(-c3cc4c(c5occc35)-c3ccccc3C43c4ccccc4Sc4ccccc43)nc(-c3ccccc3)n2)cc1. The lowest BCUT2D eigenvalue weighted by Gasteiger charge is -2.39. The Morgan fingerprint density at radius 3 is 1.81 bits per heavy atom. The highest BCUT2D eigenvalue weighted by Gasteiger charge is 2.51. The van der Waals surface area contributed by atoms with Gasteiger partial charge in [-0.15, -0.1) is 0 Å². The number of aromatic nitrogens is 2. The molecule has 0 amide bonds. The van der Waals surface area contributed by atoms with E-state index in [1.165, 1.54) is 37.6 Å². The van der Waals surface area contributed by atoms with E-state index >= 15 is 0 Å². The molecule has 1 aliphatic carbocycles. The van der Waals surface area contributed by atoms with Gasteiger partial charge in [0.15, 0.2) is 5.82 Å². The number of furan rings is 1. The topological polar surface area (TPSA) is 38.9 Å². The van der Waals surface area contributed by atoms with E-state index in [1.54, 1.807) is 0 Å². The van der Waals surface area contributed by atoms with Crippen LogP contribution in [0.1, 0.15) is 22.3 Å². The van der Waals surface area contributed by atoms with Gasteiger partial charge >= 0.3 is 0 Å². The van der Waals surface area contributed by atoms with E-state index < -0.39 is 5.41 Å². The highest BCUT2D eigenvalue weighted by Crippen LogP contribution is 2.63. The van der Waals surface area contributed by atoms with Crippen molar-refractivity contribution in [1.29, 1.82) is 0 Å². The van der Waals surface area contributed by atoms with E-state index in [9.17, 15) is 0 Å². The minimum Gasteiger partial charge on any atom is -0.464 e. The third kappa shape index (κ3) is 3.76. The molecule has 1 spiro atoms. The van der Waals surface area contributed by atoms with Gasteiger partial charge in [-0.25, -0.2) is 9.97 Å². The molecule has 2 aromatic heterocycles. The molecule has 3 nitrogen and oxygen atoms in total. The summed E-state index contributed by atoms with van der Waals surface area (Å²) in [6, 6.07) is 53.8. The summed E-state index contributed by atoms with van der Waals surface area (Å²) in [6.45, 7) is 0.